The zero-order valence-electron chi connectivity index (χ0n) is 20.7. The van der Waals surface area contributed by atoms with Crippen LogP contribution in [0.5, 0.6) is 5.75 Å². The number of fused-ring (bicyclic) bond motifs is 5. The van der Waals surface area contributed by atoms with Crippen molar-refractivity contribution in [3.8, 4) is 22.7 Å². The van der Waals surface area contributed by atoms with Gasteiger partial charge in [0.15, 0.2) is 17.7 Å². The average molecular weight is 500 g/mol. The van der Waals surface area contributed by atoms with E-state index in [1.165, 1.54) is 23.7 Å². The molecule has 0 amide bonds. The Kier molecular flexibility index (Phi) is 4.98. The minimum absolute atomic E-state index is 0.0320. The first-order chi connectivity index (χ1) is 17.7. The fourth-order valence-electron chi connectivity index (χ4n) is 5.19. The van der Waals surface area contributed by atoms with Crippen LogP contribution in [0.1, 0.15) is 28.5 Å². The van der Waals surface area contributed by atoms with Crippen LogP contribution >= 0.6 is 0 Å². The third kappa shape index (κ3) is 3.21. The molecule has 0 aliphatic carbocycles. The maximum atomic E-state index is 15.2. The summed E-state index contributed by atoms with van der Waals surface area (Å²) in [5.41, 5.74) is 3.56. The standard InChI is InChI=1S/C29H23F2N3O3/c1-15-8-11-17(12-9-15)24-22-25(32(3)29(36)33(4)28(22)35)26-27(18-6-5-7-19(30)23(18)31)37-21-13-10-16(2)14-20(21)34(24)26/h5-14,27H,1-4H3/t27-/m1/s1. The van der Waals surface area contributed by atoms with E-state index >= 15 is 4.39 Å². The molecule has 37 heavy (non-hydrogen) atoms. The molecule has 0 unspecified atom stereocenters. The highest BCUT2D eigenvalue weighted by molar-refractivity contribution is 5.98. The molecule has 6 rings (SSSR count). The second-order valence-corrected chi connectivity index (χ2v) is 9.48. The monoisotopic (exact) mass is 499 g/mol. The topological polar surface area (TPSA) is 58.2 Å². The molecule has 0 bridgehead atoms. The zero-order valence-corrected chi connectivity index (χ0v) is 20.7. The lowest BCUT2D eigenvalue weighted by Crippen LogP contribution is -2.37. The lowest BCUT2D eigenvalue weighted by molar-refractivity contribution is 0.222. The molecule has 1 aliphatic heterocycles. The van der Waals surface area contributed by atoms with Crippen molar-refractivity contribution in [2.75, 3.05) is 0 Å². The van der Waals surface area contributed by atoms with Crippen LogP contribution in [0, 0.1) is 25.5 Å². The molecule has 0 radical (unpaired) electrons. The van der Waals surface area contributed by atoms with Gasteiger partial charge in [-0.2, -0.15) is 0 Å². The summed E-state index contributed by atoms with van der Waals surface area (Å²) in [5.74, 6) is -1.61. The van der Waals surface area contributed by atoms with Crippen LogP contribution in [-0.2, 0) is 14.1 Å². The summed E-state index contributed by atoms with van der Waals surface area (Å²) < 4.78 is 40.2. The summed E-state index contributed by atoms with van der Waals surface area (Å²) in [4.78, 5) is 26.8. The molecule has 3 aromatic carbocycles. The van der Waals surface area contributed by atoms with E-state index < -0.39 is 29.0 Å². The van der Waals surface area contributed by atoms with Gasteiger partial charge in [-0.15, -0.1) is 0 Å². The van der Waals surface area contributed by atoms with Gasteiger partial charge in [-0.1, -0.05) is 48.0 Å². The Morgan fingerprint density at radius 2 is 1.57 bits per heavy atom. The number of nitrogens with zero attached hydrogens (tertiary/aromatic N) is 3. The zero-order chi connectivity index (χ0) is 26.2. The fourth-order valence-corrected chi connectivity index (χ4v) is 5.19. The number of hydrogen-bond donors (Lipinski definition) is 0. The van der Waals surface area contributed by atoms with Crippen LogP contribution in [0.3, 0.4) is 0 Å². The Morgan fingerprint density at radius 1 is 0.865 bits per heavy atom. The number of halogens is 2. The number of aryl methyl sites for hydroxylation is 3. The predicted molar refractivity (Wildman–Crippen MR) is 137 cm³/mol. The third-order valence-electron chi connectivity index (χ3n) is 7.05. The van der Waals surface area contributed by atoms with Gasteiger partial charge in [-0.05, 0) is 43.2 Å². The van der Waals surface area contributed by atoms with Gasteiger partial charge in [0.25, 0.3) is 5.56 Å². The summed E-state index contributed by atoms with van der Waals surface area (Å²) in [7, 11) is 2.99. The molecule has 0 N–H and O–H groups in total. The van der Waals surface area contributed by atoms with E-state index in [9.17, 15) is 14.0 Å². The number of aromatic nitrogens is 3. The van der Waals surface area contributed by atoms with Gasteiger partial charge < -0.3 is 9.30 Å². The third-order valence-corrected chi connectivity index (χ3v) is 7.05. The van der Waals surface area contributed by atoms with Crippen molar-refractivity contribution in [3.05, 3.63) is 116 Å². The first-order valence-corrected chi connectivity index (χ1v) is 11.8. The van der Waals surface area contributed by atoms with E-state index in [-0.39, 0.29) is 5.56 Å². The van der Waals surface area contributed by atoms with Gasteiger partial charge in [0, 0.05) is 19.7 Å². The van der Waals surface area contributed by atoms with E-state index in [1.54, 1.807) is 13.1 Å². The minimum atomic E-state index is -1.12. The van der Waals surface area contributed by atoms with Gasteiger partial charge in [0.1, 0.15) is 5.75 Å². The van der Waals surface area contributed by atoms with Crippen molar-refractivity contribution >= 4 is 10.9 Å². The number of rotatable bonds is 2. The highest BCUT2D eigenvalue weighted by atomic mass is 19.2. The van der Waals surface area contributed by atoms with Crippen molar-refractivity contribution in [1.29, 1.82) is 0 Å². The van der Waals surface area contributed by atoms with Gasteiger partial charge in [-0.25, -0.2) is 13.6 Å². The van der Waals surface area contributed by atoms with E-state index in [0.29, 0.717) is 33.7 Å². The Balaban J connectivity index is 1.88. The van der Waals surface area contributed by atoms with Crippen LogP contribution in [-0.4, -0.2) is 13.7 Å². The highest BCUT2D eigenvalue weighted by Crippen LogP contribution is 2.47. The lowest BCUT2D eigenvalue weighted by Gasteiger charge is -2.30. The number of benzene rings is 3. The van der Waals surface area contributed by atoms with E-state index in [0.717, 1.165) is 27.3 Å². The molecule has 5 aromatic rings. The molecular formula is C29H23F2N3O3. The van der Waals surface area contributed by atoms with Crippen LogP contribution in [0.25, 0.3) is 27.8 Å². The molecule has 0 saturated heterocycles. The molecular weight excluding hydrogens is 476 g/mol. The normalized spacial score (nSPS) is 14.4. The summed E-state index contributed by atoms with van der Waals surface area (Å²) in [5, 5.41) is 0.295. The van der Waals surface area contributed by atoms with Gasteiger partial charge >= 0.3 is 5.69 Å². The molecule has 1 atom stereocenters. The van der Waals surface area contributed by atoms with Gasteiger partial charge in [0.05, 0.1) is 28.0 Å². The summed E-state index contributed by atoms with van der Waals surface area (Å²) in [6.07, 6.45) is -1.12. The first-order valence-electron chi connectivity index (χ1n) is 11.8. The molecule has 6 nitrogen and oxygen atoms in total. The Hall–Kier alpha value is -4.46. The molecule has 1 aliphatic rings. The Bertz CT molecular complexity index is 1860. The molecule has 3 heterocycles. The van der Waals surface area contributed by atoms with Crippen LogP contribution in [0.4, 0.5) is 8.78 Å². The van der Waals surface area contributed by atoms with Crippen LogP contribution < -0.4 is 16.0 Å². The summed E-state index contributed by atoms with van der Waals surface area (Å²) >= 11 is 0. The van der Waals surface area contributed by atoms with Gasteiger partial charge in [0.2, 0.25) is 0 Å². The maximum Gasteiger partial charge on any atom is 0.331 e. The molecule has 0 spiro atoms. The summed E-state index contributed by atoms with van der Waals surface area (Å²) in [6, 6.07) is 17.2. The molecule has 186 valence electrons. The molecule has 2 aromatic heterocycles. The molecule has 8 heteroatoms. The second-order valence-electron chi connectivity index (χ2n) is 9.48. The Morgan fingerprint density at radius 3 is 2.30 bits per heavy atom. The predicted octanol–water partition coefficient (Wildman–Crippen LogP) is 5.07. The second kappa shape index (κ2) is 8.03. The smallest absolute Gasteiger partial charge is 0.331 e. The van der Waals surface area contributed by atoms with Crippen molar-refractivity contribution < 1.29 is 13.5 Å². The Labute approximate surface area is 210 Å². The van der Waals surface area contributed by atoms with Crippen LogP contribution in [0.2, 0.25) is 0 Å². The van der Waals surface area contributed by atoms with Crippen molar-refractivity contribution in [2.45, 2.75) is 20.0 Å². The SMILES string of the molecule is Cc1ccc(-c2c3c(=O)n(C)c(=O)n(C)c3c3n2-c2cc(C)ccc2O[C@@H]3c2cccc(F)c2F)cc1. The minimum Gasteiger partial charge on any atom is -0.477 e. The highest BCUT2D eigenvalue weighted by Gasteiger charge is 2.37. The number of ether oxygens (including phenoxy) is 1. The maximum absolute atomic E-state index is 15.2. The first kappa shape index (κ1) is 23.0. The molecule has 0 fully saturated rings. The van der Waals surface area contributed by atoms with Crippen LogP contribution in [0.15, 0.2) is 70.3 Å². The van der Waals surface area contributed by atoms with E-state index in [4.69, 9.17) is 4.74 Å². The van der Waals surface area contributed by atoms with Gasteiger partial charge in [-0.3, -0.25) is 13.9 Å². The van der Waals surface area contributed by atoms with Crippen molar-refractivity contribution in [1.82, 2.24) is 13.7 Å². The average Bonchev–Trinajstić information content (AvgIpc) is 3.25. The van der Waals surface area contributed by atoms with Crippen molar-refractivity contribution in [3.63, 3.8) is 0 Å². The summed E-state index contributed by atoms with van der Waals surface area (Å²) in [6.45, 7) is 3.90. The van der Waals surface area contributed by atoms with E-state index in [1.807, 2.05) is 54.8 Å². The lowest BCUT2D eigenvalue weighted by atomic mass is 10.0. The molecule has 0 saturated carbocycles. The number of hydrogen-bond acceptors (Lipinski definition) is 3. The van der Waals surface area contributed by atoms with Crippen molar-refractivity contribution in [2.24, 2.45) is 14.1 Å². The fraction of sp³-hybridized carbons (Fsp3) is 0.172. The largest absolute Gasteiger partial charge is 0.477 e. The quantitative estimate of drug-likeness (QED) is 0.341. The van der Waals surface area contributed by atoms with E-state index in [2.05, 4.69) is 0 Å².